The molecule has 0 nitrogen and oxygen atoms in total. The van der Waals surface area contributed by atoms with Crippen LogP contribution in [-0.4, -0.2) is 0 Å². The summed E-state index contributed by atoms with van der Waals surface area (Å²) in [5.74, 6) is 0.861. The number of rotatable bonds is 2. The molecule has 0 bridgehead atoms. The molecule has 0 spiro atoms. The predicted molar refractivity (Wildman–Crippen MR) is 70.4 cm³/mol. The Morgan fingerprint density at radius 3 is 2.57 bits per heavy atom. The summed E-state index contributed by atoms with van der Waals surface area (Å²) < 4.78 is 1.26. The minimum absolute atomic E-state index is 0.583. The van der Waals surface area contributed by atoms with Crippen LogP contribution in [0, 0.1) is 12.8 Å². The molecule has 3 heteroatoms. The molecule has 1 unspecified atom stereocenters. The van der Waals surface area contributed by atoms with Crippen molar-refractivity contribution < 1.29 is 0 Å². The molecule has 1 atom stereocenters. The van der Waals surface area contributed by atoms with Crippen LogP contribution >= 0.6 is 43.2 Å². The molecule has 14 heavy (non-hydrogen) atoms. The normalized spacial score (nSPS) is 20.2. The second-order valence-corrected chi connectivity index (χ2v) is 7.13. The summed E-state index contributed by atoms with van der Waals surface area (Å²) >= 11 is 9.35. The lowest BCUT2D eigenvalue weighted by molar-refractivity contribution is 0.546. The average molecular weight is 338 g/mol. The zero-order chi connectivity index (χ0) is 10.1. The van der Waals surface area contributed by atoms with Crippen molar-refractivity contribution in [3.05, 3.63) is 20.3 Å². The number of aryl methyl sites for hydroxylation is 1. The molecule has 0 N–H and O–H groups in total. The molecule has 1 heterocycles. The number of thiophene rings is 1. The maximum atomic E-state index is 3.85. The third-order valence-electron chi connectivity index (χ3n) is 2.96. The van der Waals surface area contributed by atoms with Crippen LogP contribution in [0.5, 0.6) is 0 Å². The van der Waals surface area contributed by atoms with Crippen molar-refractivity contribution in [1.82, 2.24) is 0 Å². The van der Waals surface area contributed by atoms with E-state index in [1.807, 2.05) is 11.3 Å². The smallest absolute Gasteiger partial charge is 0.0517 e. The van der Waals surface area contributed by atoms with Gasteiger partial charge >= 0.3 is 0 Å². The fourth-order valence-corrected chi connectivity index (χ4v) is 4.67. The van der Waals surface area contributed by atoms with Crippen molar-refractivity contribution >= 4 is 43.2 Å². The van der Waals surface area contributed by atoms with Crippen molar-refractivity contribution in [3.63, 3.8) is 0 Å². The van der Waals surface area contributed by atoms with Gasteiger partial charge in [-0.15, -0.1) is 11.3 Å². The lowest BCUT2D eigenvalue weighted by Gasteiger charge is -2.14. The Kier molecular flexibility index (Phi) is 3.72. The molecule has 78 valence electrons. The van der Waals surface area contributed by atoms with Crippen LogP contribution in [0.4, 0.5) is 0 Å². The summed E-state index contributed by atoms with van der Waals surface area (Å²) in [5.41, 5.74) is 0. The van der Waals surface area contributed by atoms with Crippen molar-refractivity contribution in [2.24, 2.45) is 5.92 Å². The molecule has 0 aliphatic heterocycles. The summed E-state index contributed by atoms with van der Waals surface area (Å²) in [7, 11) is 0. The van der Waals surface area contributed by atoms with E-state index in [1.165, 1.54) is 39.9 Å². The Morgan fingerprint density at radius 2 is 2.07 bits per heavy atom. The van der Waals surface area contributed by atoms with E-state index < -0.39 is 0 Å². The van der Waals surface area contributed by atoms with Crippen LogP contribution in [-0.2, 0) is 0 Å². The maximum absolute atomic E-state index is 3.85. The zero-order valence-electron chi connectivity index (χ0n) is 8.22. The first kappa shape index (κ1) is 11.2. The minimum Gasteiger partial charge on any atom is -0.143 e. The largest absolute Gasteiger partial charge is 0.143 e. The van der Waals surface area contributed by atoms with Gasteiger partial charge in [0.2, 0.25) is 0 Å². The Morgan fingerprint density at radius 1 is 1.43 bits per heavy atom. The first-order valence-corrected chi connectivity index (χ1v) is 7.61. The standard InChI is InChI=1S/C11H14Br2S/c1-7-9(12)6-10(14-7)11(13)8-4-2-3-5-8/h6,8,11H,2-5H2,1H3. The molecule has 1 aliphatic rings. The zero-order valence-corrected chi connectivity index (χ0v) is 12.2. The SMILES string of the molecule is Cc1sc(C(Br)C2CCCC2)cc1Br. The van der Waals surface area contributed by atoms with Gasteiger partial charge in [-0.05, 0) is 47.7 Å². The lowest BCUT2D eigenvalue weighted by atomic mass is 10.0. The molecule has 0 amide bonds. The third-order valence-corrected chi connectivity index (χ3v) is 6.73. The average Bonchev–Trinajstić information content (AvgIpc) is 2.76. The number of hydrogen-bond acceptors (Lipinski definition) is 1. The summed E-state index contributed by atoms with van der Waals surface area (Å²) in [4.78, 5) is 3.46. The molecule has 1 fully saturated rings. The number of halogens is 2. The molecule has 2 rings (SSSR count). The summed E-state index contributed by atoms with van der Waals surface area (Å²) in [5, 5.41) is 0. The van der Waals surface area contributed by atoms with Gasteiger partial charge in [0.15, 0.2) is 0 Å². The predicted octanol–water partition coefficient (Wildman–Crippen LogP) is 5.45. The van der Waals surface area contributed by atoms with Crippen LogP contribution in [0.1, 0.15) is 40.3 Å². The van der Waals surface area contributed by atoms with Crippen molar-refractivity contribution in [1.29, 1.82) is 0 Å². The lowest BCUT2D eigenvalue weighted by Crippen LogP contribution is -2.00. The topological polar surface area (TPSA) is 0 Å². The summed E-state index contributed by atoms with van der Waals surface area (Å²) in [6.45, 7) is 2.17. The van der Waals surface area contributed by atoms with Gasteiger partial charge in [-0.3, -0.25) is 0 Å². The highest BCUT2D eigenvalue weighted by Gasteiger charge is 2.25. The fraction of sp³-hybridized carbons (Fsp3) is 0.636. The molecule has 1 aromatic rings. The molecule has 1 saturated carbocycles. The Labute approximate surface area is 106 Å². The van der Waals surface area contributed by atoms with Crippen molar-refractivity contribution in [2.75, 3.05) is 0 Å². The highest BCUT2D eigenvalue weighted by molar-refractivity contribution is 9.10. The van der Waals surface area contributed by atoms with Gasteiger partial charge in [0.25, 0.3) is 0 Å². The first-order chi connectivity index (χ1) is 6.68. The highest BCUT2D eigenvalue weighted by Crippen LogP contribution is 2.44. The third kappa shape index (κ3) is 2.25. The number of hydrogen-bond donors (Lipinski definition) is 0. The van der Waals surface area contributed by atoms with E-state index in [1.54, 1.807) is 0 Å². The van der Waals surface area contributed by atoms with Gasteiger partial charge in [-0.25, -0.2) is 0 Å². The van der Waals surface area contributed by atoms with E-state index in [-0.39, 0.29) is 0 Å². The van der Waals surface area contributed by atoms with Crippen LogP contribution in [0.25, 0.3) is 0 Å². The Balaban J connectivity index is 2.13. The monoisotopic (exact) mass is 336 g/mol. The van der Waals surface area contributed by atoms with E-state index in [4.69, 9.17) is 0 Å². The first-order valence-electron chi connectivity index (χ1n) is 5.08. The molecule has 0 saturated heterocycles. The minimum atomic E-state index is 0.583. The summed E-state index contributed by atoms with van der Waals surface area (Å²) in [6, 6.07) is 2.28. The van der Waals surface area contributed by atoms with E-state index >= 15 is 0 Å². The Hall–Kier alpha value is 0.660. The number of alkyl halides is 1. The van der Waals surface area contributed by atoms with E-state index in [2.05, 4.69) is 44.8 Å². The Bertz CT molecular complexity index is 294. The van der Waals surface area contributed by atoms with E-state index in [9.17, 15) is 0 Å². The van der Waals surface area contributed by atoms with E-state index in [0.29, 0.717) is 4.83 Å². The molecular weight excluding hydrogens is 324 g/mol. The van der Waals surface area contributed by atoms with Gasteiger partial charge < -0.3 is 0 Å². The van der Waals surface area contributed by atoms with Gasteiger partial charge in [-0.1, -0.05) is 28.8 Å². The van der Waals surface area contributed by atoms with Crippen LogP contribution in [0.3, 0.4) is 0 Å². The fourth-order valence-electron chi connectivity index (χ4n) is 2.10. The molecule has 1 aliphatic carbocycles. The van der Waals surface area contributed by atoms with E-state index in [0.717, 1.165) is 5.92 Å². The molecular formula is C11H14Br2S. The highest BCUT2D eigenvalue weighted by atomic mass is 79.9. The van der Waals surface area contributed by atoms with Crippen molar-refractivity contribution in [3.8, 4) is 0 Å². The van der Waals surface area contributed by atoms with Gasteiger partial charge in [-0.2, -0.15) is 0 Å². The van der Waals surface area contributed by atoms with Gasteiger partial charge in [0.1, 0.15) is 0 Å². The van der Waals surface area contributed by atoms with Gasteiger partial charge in [0, 0.05) is 14.2 Å². The molecule has 0 radical (unpaired) electrons. The second-order valence-electron chi connectivity index (χ2n) is 4.00. The van der Waals surface area contributed by atoms with Crippen LogP contribution in [0.15, 0.2) is 10.5 Å². The quantitative estimate of drug-likeness (QED) is 0.630. The van der Waals surface area contributed by atoms with Crippen molar-refractivity contribution in [2.45, 2.75) is 37.4 Å². The maximum Gasteiger partial charge on any atom is 0.0517 e. The van der Waals surface area contributed by atoms with Gasteiger partial charge in [0.05, 0.1) is 4.83 Å². The summed E-state index contributed by atoms with van der Waals surface area (Å²) in [6.07, 6.45) is 5.62. The molecule has 0 aromatic carbocycles. The van der Waals surface area contributed by atoms with Crippen LogP contribution in [0.2, 0.25) is 0 Å². The van der Waals surface area contributed by atoms with Crippen LogP contribution < -0.4 is 0 Å². The molecule has 1 aromatic heterocycles. The second kappa shape index (κ2) is 4.67.